The highest BCUT2D eigenvalue weighted by molar-refractivity contribution is 7.92. The molecule has 2 N–H and O–H groups in total. The molecule has 1 aliphatic rings. The molecule has 1 aliphatic heterocycles. The number of piperidine rings is 1. The van der Waals surface area contributed by atoms with Crippen LogP contribution in [0.3, 0.4) is 0 Å². The van der Waals surface area contributed by atoms with Crippen molar-refractivity contribution < 1.29 is 26.0 Å². The average Bonchev–Trinajstić information content (AvgIpc) is 3.32. The highest BCUT2D eigenvalue weighted by atomic mass is 32.2. The smallest absolute Gasteiger partial charge is 0.265 e. The molecule has 5 rings (SSSR count). The normalized spacial score (nSPS) is 14.9. The molecule has 3 heterocycles. The van der Waals surface area contributed by atoms with Gasteiger partial charge in [0.05, 0.1) is 21.8 Å². The zero-order chi connectivity index (χ0) is 27.7. The van der Waals surface area contributed by atoms with Gasteiger partial charge in [0.2, 0.25) is 0 Å². The van der Waals surface area contributed by atoms with Crippen molar-refractivity contribution in [3.8, 4) is 21.7 Å². The largest absolute Gasteiger partial charge is 0.359 e. The number of aromatic nitrogens is 2. The molecule has 0 radical (unpaired) electrons. The lowest BCUT2D eigenvalue weighted by molar-refractivity contribution is 0.264. The fourth-order valence-corrected chi connectivity index (χ4v) is 6.51. The quantitative estimate of drug-likeness (QED) is 0.273. The van der Waals surface area contributed by atoms with E-state index in [1.54, 1.807) is 12.1 Å². The van der Waals surface area contributed by atoms with Gasteiger partial charge < -0.3 is 10.2 Å². The molecule has 0 saturated carbocycles. The van der Waals surface area contributed by atoms with Gasteiger partial charge in [-0.25, -0.2) is 31.0 Å². The Kier molecular flexibility index (Phi) is 7.56. The Morgan fingerprint density at radius 3 is 2.38 bits per heavy atom. The number of benzene rings is 2. The summed E-state index contributed by atoms with van der Waals surface area (Å²) in [6, 6.07) is 7.10. The number of hydrogen-bond donors (Lipinski definition) is 2. The molecule has 0 atom stereocenters. The first-order valence-electron chi connectivity index (χ1n) is 11.9. The molecule has 4 aromatic rings. The van der Waals surface area contributed by atoms with Crippen molar-refractivity contribution in [1.82, 2.24) is 14.9 Å². The van der Waals surface area contributed by atoms with Gasteiger partial charge in [-0.2, -0.15) is 0 Å². The number of pyridine rings is 1. The van der Waals surface area contributed by atoms with Gasteiger partial charge >= 0.3 is 0 Å². The Balaban J connectivity index is 1.56. The van der Waals surface area contributed by atoms with Crippen LogP contribution >= 0.6 is 11.3 Å². The van der Waals surface area contributed by atoms with E-state index in [1.165, 1.54) is 23.7 Å². The summed E-state index contributed by atoms with van der Waals surface area (Å²) in [6.07, 6.45) is 4.81. The summed E-state index contributed by atoms with van der Waals surface area (Å²) in [6.45, 7) is 1.79. The highest BCUT2D eigenvalue weighted by Gasteiger charge is 2.28. The van der Waals surface area contributed by atoms with Gasteiger partial charge in [-0.3, -0.25) is 9.71 Å². The number of hydrogen-bond acceptors (Lipinski definition) is 7. The molecular formula is C26H23F4N5O2S2. The van der Waals surface area contributed by atoms with Crippen LogP contribution in [0, 0.1) is 23.3 Å². The van der Waals surface area contributed by atoms with Gasteiger partial charge in [0, 0.05) is 18.4 Å². The first-order chi connectivity index (χ1) is 18.6. The first kappa shape index (κ1) is 27.0. The third kappa shape index (κ3) is 5.75. The zero-order valence-corrected chi connectivity index (χ0v) is 22.2. The van der Waals surface area contributed by atoms with E-state index >= 15 is 8.78 Å². The van der Waals surface area contributed by atoms with Crippen molar-refractivity contribution in [3.05, 3.63) is 78.1 Å². The Bertz CT molecular complexity index is 1610. The van der Waals surface area contributed by atoms with E-state index in [0.717, 1.165) is 44.1 Å². The van der Waals surface area contributed by atoms with E-state index in [9.17, 15) is 17.2 Å². The number of likely N-dealkylation sites (tertiary alicyclic amines) is 1. The SMILES string of the molecule is CN1CCC(Nc2nc(-c3c(F)ccc(NS(=O)(=O)c4cc(F)ccc4F)c3F)c(-c3ccncc3)s2)CC1. The number of anilines is 2. The molecular weight excluding hydrogens is 554 g/mol. The second kappa shape index (κ2) is 10.9. The minimum atomic E-state index is -4.75. The molecule has 2 aromatic heterocycles. The lowest BCUT2D eigenvalue weighted by atomic mass is 10.1. The van der Waals surface area contributed by atoms with Crippen molar-refractivity contribution in [3.63, 3.8) is 0 Å². The molecule has 0 amide bonds. The van der Waals surface area contributed by atoms with Crippen LogP contribution in [0.2, 0.25) is 0 Å². The summed E-state index contributed by atoms with van der Waals surface area (Å²) < 4.78 is 86.3. The molecule has 0 unspecified atom stereocenters. The lowest BCUT2D eigenvalue weighted by Gasteiger charge is -2.29. The maximum atomic E-state index is 15.8. The van der Waals surface area contributed by atoms with Crippen molar-refractivity contribution in [1.29, 1.82) is 0 Å². The van der Waals surface area contributed by atoms with Crippen LogP contribution in [0.15, 0.2) is 59.8 Å². The van der Waals surface area contributed by atoms with E-state index < -0.39 is 49.4 Å². The number of nitrogens with one attached hydrogen (secondary N) is 2. The molecule has 2 aromatic carbocycles. The summed E-state index contributed by atoms with van der Waals surface area (Å²) in [7, 11) is -2.71. The molecule has 39 heavy (non-hydrogen) atoms. The monoisotopic (exact) mass is 577 g/mol. The molecule has 7 nitrogen and oxygen atoms in total. The number of thiazole rings is 1. The number of rotatable bonds is 7. The van der Waals surface area contributed by atoms with E-state index in [2.05, 4.69) is 20.2 Å². The standard InChI is InChI=1S/C26H23F4N5O2S2/c1-35-12-8-17(9-13-35)32-26-33-24(25(38-26)15-6-10-31-11-7-15)22-19(29)4-5-20(23(22)30)34-39(36,37)21-14-16(27)2-3-18(21)28/h2-7,10-11,14,17,34H,8-9,12-13H2,1H3,(H,32,33). The van der Waals surface area contributed by atoms with E-state index in [0.29, 0.717) is 27.7 Å². The molecule has 1 saturated heterocycles. The zero-order valence-electron chi connectivity index (χ0n) is 20.6. The van der Waals surface area contributed by atoms with Gasteiger partial charge in [-0.05, 0) is 81.0 Å². The number of halogens is 4. The predicted molar refractivity (Wildman–Crippen MR) is 142 cm³/mol. The fraction of sp³-hybridized carbons (Fsp3) is 0.231. The van der Waals surface area contributed by atoms with Crippen LogP contribution in [0.5, 0.6) is 0 Å². The summed E-state index contributed by atoms with van der Waals surface area (Å²) in [4.78, 5) is 10.2. The van der Waals surface area contributed by atoms with E-state index in [4.69, 9.17) is 0 Å². The summed E-state index contributed by atoms with van der Waals surface area (Å²) in [5.74, 6) is -4.44. The molecule has 0 aliphatic carbocycles. The Labute approximate surface area is 226 Å². The molecule has 0 spiro atoms. The van der Waals surface area contributed by atoms with Gasteiger partial charge in [-0.15, -0.1) is 0 Å². The highest BCUT2D eigenvalue weighted by Crippen LogP contribution is 2.42. The maximum Gasteiger partial charge on any atom is 0.265 e. The lowest BCUT2D eigenvalue weighted by Crippen LogP contribution is -2.36. The van der Waals surface area contributed by atoms with Crippen molar-refractivity contribution in [2.45, 2.75) is 23.8 Å². The van der Waals surface area contributed by atoms with Gasteiger partial charge in [-0.1, -0.05) is 11.3 Å². The second-order valence-electron chi connectivity index (χ2n) is 9.12. The second-order valence-corrected chi connectivity index (χ2v) is 11.8. The average molecular weight is 578 g/mol. The van der Waals surface area contributed by atoms with E-state index in [1.807, 2.05) is 11.8 Å². The summed E-state index contributed by atoms with van der Waals surface area (Å²) >= 11 is 1.21. The molecule has 204 valence electrons. The van der Waals surface area contributed by atoms with Crippen LogP contribution in [-0.2, 0) is 10.0 Å². The van der Waals surface area contributed by atoms with Crippen molar-refractivity contribution in [2.24, 2.45) is 0 Å². The van der Waals surface area contributed by atoms with Gasteiger partial charge in [0.1, 0.15) is 22.3 Å². The van der Waals surface area contributed by atoms with Crippen LogP contribution in [0.1, 0.15) is 12.8 Å². The Morgan fingerprint density at radius 2 is 1.67 bits per heavy atom. The molecule has 0 bridgehead atoms. The summed E-state index contributed by atoms with van der Waals surface area (Å²) in [5, 5.41) is 3.81. The predicted octanol–water partition coefficient (Wildman–Crippen LogP) is 5.74. The van der Waals surface area contributed by atoms with Gasteiger partial charge in [0.15, 0.2) is 10.9 Å². The third-order valence-electron chi connectivity index (χ3n) is 6.37. The maximum absolute atomic E-state index is 15.8. The van der Waals surface area contributed by atoms with Crippen LogP contribution < -0.4 is 10.0 Å². The fourth-order valence-electron chi connectivity index (χ4n) is 4.31. The number of nitrogens with zero attached hydrogens (tertiary/aromatic N) is 3. The van der Waals surface area contributed by atoms with Crippen molar-refractivity contribution >= 4 is 32.2 Å². The molecule has 13 heteroatoms. The minimum absolute atomic E-state index is 0.0328. The van der Waals surface area contributed by atoms with Crippen LogP contribution in [0.4, 0.5) is 28.4 Å². The van der Waals surface area contributed by atoms with E-state index in [-0.39, 0.29) is 11.7 Å². The third-order valence-corrected chi connectivity index (χ3v) is 8.79. The molecule has 1 fully saturated rings. The Morgan fingerprint density at radius 1 is 0.974 bits per heavy atom. The van der Waals surface area contributed by atoms with Crippen molar-refractivity contribution in [2.75, 3.05) is 30.2 Å². The van der Waals surface area contributed by atoms with Gasteiger partial charge in [0.25, 0.3) is 10.0 Å². The number of sulfonamides is 1. The minimum Gasteiger partial charge on any atom is -0.359 e. The topological polar surface area (TPSA) is 87.2 Å². The first-order valence-corrected chi connectivity index (χ1v) is 14.2. The van der Waals surface area contributed by atoms with Crippen LogP contribution in [0.25, 0.3) is 21.7 Å². The summed E-state index contributed by atoms with van der Waals surface area (Å²) in [5.41, 5.74) is -0.627. The van der Waals surface area contributed by atoms with Crippen LogP contribution in [-0.4, -0.2) is 49.5 Å². The Hall–Kier alpha value is -3.55.